The lowest BCUT2D eigenvalue weighted by molar-refractivity contribution is 0.293. The Morgan fingerprint density at radius 2 is 1.86 bits per heavy atom. The molecule has 1 aromatic carbocycles. The van der Waals surface area contributed by atoms with Crippen LogP contribution in [0.4, 0.5) is 0 Å². The van der Waals surface area contributed by atoms with E-state index >= 15 is 0 Å². The molecule has 0 aliphatic rings. The second-order valence-corrected chi connectivity index (χ2v) is 3.75. The molecule has 1 aromatic rings. The van der Waals surface area contributed by atoms with Crippen LogP contribution >= 0.6 is 0 Å². The van der Waals surface area contributed by atoms with Crippen molar-refractivity contribution in [1.82, 2.24) is 0 Å². The first-order valence-electron chi connectivity index (χ1n) is 4.86. The van der Waals surface area contributed by atoms with Crippen LogP contribution < -0.4 is 0 Å². The van der Waals surface area contributed by atoms with Crippen LogP contribution in [0.5, 0.6) is 0 Å². The molecule has 2 heteroatoms. The van der Waals surface area contributed by atoms with Crippen molar-refractivity contribution in [1.29, 1.82) is 5.41 Å². The molecule has 2 nitrogen and oxygen atoms in total. The normalized spacial score (nSPS) is 11.1. The van der Waals surface area contributed by atoms with E-state index in [1.807, 2.05) is 51.1 Å². The number of ether oxygens (including phenoxy) is 1. The molecule has 0 amide bonds. The van der Waals surface area contributed by atoms with E-state index in [0.29, 0.717) is 12.5 Å². The second-order valence-electron chi connectivity index (χ2n) is 3.75. The van der Waals surface area contributed by atoms with Gasteiger partial charge in [0.25, 0.3) is 0 Å². The van der Waals surface area contributed by atoms with Crippen LogP contribution in [0.25, 0.3) is 0 Å². The zero-order chi connectivity index (χ0) is 10.6. The summed E-state index contributed by atoms with van der Waals surface area (Å²) in [6, 6.07) is 9.98. The van der Waals surface area contributed by atoms with Crippen molar-refractivity contribution in [3.63, 3.8) is 0 Å². The summed E-state index contributed by atoms with van der Waals surface area (Å²) in [6.45, 7) is 6.45. The van der Waals surface area contributed by atoms with Crippen LogP contribution in [0.15, 0.2) is 30.3 Å². The quantitative estimate of drug-likeness (QED) is 0.578. The fourth-order valence-corrected chi connectivity index (χ4v) is 1.31. The highest BCUT2D eigenvalue weighted by Crippen LogP contribution is 2.24. The summed E-state index contributed by atoms with van der Waals surface area (Å²) in [5.41, 5.74) is 0.774. The van der Waals surface area contributed by atoms with Gasteiger partial charge in [-0.2, -0.15) is 0 Å². The Labute approximate surface area is 85.4 Å². The molecule has 0 radical (unpaired) electrons. The van der Waals surface area contributed by atoms with Gasteiger partial charge in [-0.3, -0.25) is 5.41 Å². The van der Waals surface area contributed by atoms with E-state index in [9.17, 15) is 0 Å². The zero-order valence-corrected chi connectivity index (χ0v) is 9.00. The summed E-state index contributed by atoms with van der Waals surface area (Å²) >= 11 is 0. The summed E-state index contributed by atoms with van der Waals surface area (Å²) in [6.07, 6.45) is 0. The summed E-state index contributed by atoms with van der Waals surface area (Å²) in [4.78, 5) is 0. The van der Waals surface area contributed by atoms with Crippen molar-refractivity contribution < 1.29 is 4.74 Å². The highest BCUT2D eigenvalue weighted by molar-refractivity contribution is 5.84. The number of nitrogens with one attached hydrogen (secondary N) is 1. The summed E-state index contributed by atoms with van der Waals surface area (Å²) < 4.78 is 5.24. The minimum absolute atomic E-state index is 0.325. The van der Waals surface area contributed by atoms with Gasteiger partial charge >= 0.3 is 0 Å². The number of hydrogen-bond donors (Lipinski definition) is 1. The van der Waals surface area contributed by atoms with Gasteiger partial charge in [-0.05, 0) is 26.3 Å². The maximum atomic E-state index is 7.81. The first kappa shape index (κ1) is 10.8. The lowest BCUT2D eigenvalue weighted by Gasteiger charge is -2.25. The molecule has 0 aliphatic heterocycles. The highest BCUT2D eigenvalue weighted by Gasteiger charge is 2.27. The van der Waals surface area contributed by atoms with Crippen LogP contribution in [-0.2, 0) is 10.2 Å². The lowest BCUT2D eigenvalue weighted by atomic mass is 9.84. The number of rotatable bonds is 3. The topological polar surface area (TPSA) is 33.1 Å². The third-order valence-corrected chi connectivity index (χ3v) is 2.35. The fraction of sp³-hybridized carbons (Fsp3) is 0.417. The highest BCUT2D eigenvalue weighted by atomic mass is 16.5. The average molecular weight is 191 g/mol. The smallest absolute Gasteiger partial charge is 0.190 e. The molecule has 0 saturated heterocycles. The van der Waals surface area contributed by atoms with Crippen LogP contribution in [-0.4, -0.2) is 12.5 Å². The molecule has 0 atom stereocenters. The van der Waals surface area contributed by atoms with Crippen LogP contribution in [0.2, 0.25) is 0 Å². The molecule has 76 valence electrons. The summed E-state index contributed by atoms with van der Waals surface area (Å²) in [7, 11) is 0. The first-order valence-corrected chi connectivity index (χ1v) is 4.86. The molecule has 0 spiro atoms. The van der Waals surface area contributed by atoms with E-state index in [1.54, 1.807) is 0 Å². The van der Waals surface area contributed by atoms with Gasteiger partial charge in [0.2, 0.25) is 0 Å². The molecular formula is C12H17NO. The molecule has 0 unspecified atom stereocenters. The maximum Gasteiger partial charge on any atom is 0.190 e. The molecular weight excluding hydrogens is 174 g/mol. The molecule has 0 heterocycles. The molecule has 0 aliphatic carbocycles. The largest absolute Gasteiger partial charge is 0.481 e. The number of hydrogen-bond acceptors (Lipinski definition) is 2. The van der Waals surface area contributed by atoms with Crippen LogP contribution in [0.1, 0.15) is 26.3 Å². The van der Waals surface area contributed by atoms with Crippen molar-refractivity contribution in [3.05, 3.63) is 35.9 Å². The summed E-state index contributed by atoms with van der Waals surface area (Å²) in [5.74, 6) is 0.325. The van der Waals surface area contributed by atoms with Gasteiger partial charge in [-0.25, -0.2) is 0 Å². The van der Waals surface area contributed by atoms with Gasteiger partial charge in [0.05, 0.1) is 12.0 Å². The first-order chi connectivity index (χ1) is 6.59. The average Bonchev–Trinajstić information content (AvgIpc) is 2.19. The van der Waals surface area contributed by atoms with Crippen molar-refractivity contribution in [2.24, 2.45) is 0 Å². The Balaban J connectivity index is 2.90. The third-order valence-electron chi connectivity index (χ3n) is 2.35. The molecule has 14 heavy (non-hydrogen) atoms. The van der Waals surface area contributed by atoms with Gasteiger partial charge in [-0.1, -0.05) is 30.3 Å². The molecule has 0 bridgehead atoms. The fourth-order valence-electron chi connectivity index (χ4n) is 1.31. The van der Waals surface area contributed by atoms with Crippen LogP contribution in [0, 0.1) is 5.41 Å². The van der Waals surface area contributed by atoms with Crippen LogP contribution in [0.3, 0.4) is 0 Å². The van der Waals surface area contributed by atoms with E-state index in [2.05, 4.69) is 0 Å². The van der Waals surface area contributed by atoms with Crippen molar-refractivity contribution in [2.45, 2.75) is 26.2 Å². The predicted octanol–water partition coefficient (Wildman–Crippen LogP) is 2.98. The molecule has 0 aromatic heterocycles. The Kier molecular flexibility index (Phi) is 3.28. The maximum absolute atomic E-state index is 7.81. The third kappa shape index (κ3) is 2.13. The Bertz CT molecular complexity index is 303. The minimum Gasteiger partial charge on any atom is -0.481 e. The molecule has 0 saturated carbocycles. The Morgan fingerprint density at radius 1 is 1.29 bits per heavy atom. The SMILES string of the molecule is CCOC(=N)C(C)(C)c1ccccc1. The number of benzene rings is 1. The van der Waals surface area contributed by atoms with E-state index < -0.39 is 0 Å². The van der Waals surface area contributed by atoms with Gasteiger partial charge < -0.3 is 4.74 Å². The lowest BCUT2D eigenvalue weighted by Crippen LogP contribution is -2.30. The second kappa shape index (κ2) is 4.27. The van der Waals surface area contributed by atoms with Gasteiger partial charge in [0, 0.05) is 0 Å². The monoisotopic (exact) mass is 191 g/mol. The standard InChI is InChI=1S/C12H17NO/c1-4-14-11(13)12(2,3)10-8-6-5-7-9-10/h5-9,13H,4H2,1-3H3. The van der Waals surface area contributed by atoms with E-state index in [1.165, 1.54) is 0 Å². The zero-order valence-electron chi connectivity index (χ0n) is 9.00. The van der Waals surface area contributed by atoms with E-state index in [4.69, 9.17) is 10.1 Å². The Morgan fingerprint density at radius 3 is 2.36 bits per heavy atom. The van der Waals surface area contributed by atoms with E-state index in [0.717, 1.165) is 5.56 Å². The van der Waals surface area contributed by atoms with Crippen molar-refractivity contribution in [3.8, 4) is 0 Å². The van der Waals surface area contributed by atoms with Gasteiger partial charge in [-0.15, -0.1) is 0 Å². The molecule has 1 rings (SSSR count). The summed E-state index contributed by atoms with van der Waals surface area (Å²) in [5, 5.41) is 7.81. The van der Waals surface area contributed by atoms with Gasteiger partial charge in [0.1, 0.15) is 0 Å². The Hall–Kier alpha value is -1.31. The van der Waals surface area contributed by atoms with E-state index in [-0.39, 0.29) is 5.41 Å². The molecule has 1 N–H and O–H groups in total. The minimum atomic E-state index is -0.336. The van der Waals surface area contributed by atoms with Crippen molar-refractivity contribution >= 4 is 5.90 Å². The predicted molar refractivity (Wildman–Crippen MR) is 58.8 cm³/mol. The molecule has 0 fully saturated rings. The van der Waals surface area contributed by atoms with Crippen molar-refractivity contribution in [2.75, 3.05) is 6.61 Å². The van der Waals surface area contributed by atoms with Gasteiger partial charge in [0.15, 0.2) is 5.90 Å².